The van der Waals surface area contributed by atoms with Crippen LogP contribution in [0.5, 0.6) is 0 Å². The quantitative estimate of drug-likeness (QED) is 0.569. The highest BCUT2D eigenvalue weighted by Crippen LogP contribution is 2.10. The zero-order chi connectivity index (χ0) is 12.0. The lowest BCUT2D eigenvalue weighted by atomic mass is 10.1. The number of nitrogens with two attached hydrogens (primary N) is 1. The van der Waals surface area contributed by atoms with Crippen LogP contribution in [-0.4, -0.2) is 23.3 Å². The average molecular weight is 219 g/mol. The Morgan fingerprint density at radius 2 is 1.94 bits per heavy atom. The summed E-state index contributed by atoms with van der Waals surface area (Å²) in [4.78, 5) is 2.23. The predicted molar refractivity (Wildman–Crippen MR) is 68.5 cm³/mol. The molecule has 0 aliphatic carbocycles. The number of hydrogen-bond donors (Lipinski definition) is 2. The van der Waals surface area contributed by atoms with Crippen LogP contribution in [0.25, 0.3) is 0 Å². The molecular formula is C13H21N3. The first-order chi connectivity index (χ1) is 7.69. The van der Waals surface area contributed by atoms with Crippen LogP contribution in [-0.2, 0) is 6.54 Å². The molecule has 1 aromatic rings. The second-order valence-corrected chi connectivity index (χ2v) is 3.93. The third-order valence-electron chi connectivity index (χ3n) is 2.82. The second kappa shape index (κ2) is 6.28. The molecule has 88 valence electrons. The fourth-order valence-electron chi connectivity index (χ4n) is 1.94. The number of nitrogens with zero attached hydrogens (tertiary/aromatic N) is 1. The summed E-state index contributed by atoms with van der Waals surface area (Å²) >= 11 is 0. The minimum atomic E-state index is 0.0604. The minimum Gasteiger partial charge on any atom is -0.386 e. The van der Waals surface area contributed by atoms with Gasteiger partial charge in [-0.3, -0.25) is 10.3 Å². The van der Waals surface area contributed by atoms with E-state index in [2.05, 4.69) is 30.9 Å². The van der Waals surface area contributed by atoms with E-state index in [0.717, 1.165) is 19.5 Å². The summed E-state index contributed by atoms with van der Waals surface area (Å²) < 4.78 is 0. The van der Waals surface area contributed by atoms with Crippen LogP contribution in [0.3, 0.4) is 0 Å². The summed E-state index contributed by atoms with van der Waals surface area (Å²) in [5, 5.41) is 7.59. The van der Waals surface area contributed by atoms with E-state index in [1.54, 1.807) is 0 Å². The monoisotopic (exact) mass is 219 g/mol. The van der Waals surface area contributed by atoms with Gasteiger partial charge in [0.1, 0.15) is 5.84 Å². The first kappa shape index (κ1) is 12.7. The predicted octanol–water partition coefficient (Wildman–Crippen LogP) is 2.22. The lowest BCUT2D eigenvalue weighted by Crippen LogP contribution is -2.43. The van der Waals surface area contributed by atoms with Crippen molar-refractivity contribution in [2.45, 2.75) is 32.9 Å². The van der Waals surface area contributed by atoms with E-state index in [0.29, 0.717) is 0 Å². The van der Waals surface area contributed by atoms with Gasteiger partial charge in [0.25, 0.3) is 0 Å². The highest BCUT2D eigenvalue weighted by atomic mass is 15.2. The molecule has 1 aromatic carbocycles. The Morgan fingerprint density at radius 3 is 2.38 bits per heavy atom. The highest BCUT2D eigenvalue weighted by molar-refractivity contribution is 5.82. The van der Waals surface area contributed by atoms with E-state index in [-0.39, 0.29) is 11.9 Å². The molecule has 1 atom stereocenters. The summed E-state index contributed by atoms with van der Waals surface area (Å²) in [6, 6.07) is 10.4. The standard InChI is InChI=1S/C13H21N3/c1-3-12(13(14)15)16(4-2)10-11-8-6-5-7-9-11/h5-9,12H,3-4,10H2,1-2H3,(H3,14,15). The number of amidine groups is 1. The fourth-order valence-corrected chi connectivity index (χ4v) is 1.94. The van der Waals surface area contributed by atoms with Crippen molar-refractivity contribution in [1.82, 2.24) is 4.90 Å². The third-order valence-corrected chi connectivity index (χ3v) is 2.82. The van der Waals surface area contributed by atoms with E-state index in [9.17, 15) is 0 Å². The van der Waals surface area contributed by atoms with Gasteiger partial charge in [-0.25, -0.2) is 0 Å². The topological polar surface area (TPSA) is 53.1 Å². The molecule has 0 aliphatic rings. The van der Waals surface area contributed by atoms with Crippen LogP contribution in [0.2, 0.25) is 0 Å². The van der Waals surface area contributed by atoms with Crippen LogP contribution in [0.1, 0.15) is 25.8 Å². The van der Waals surface area contributed by atoms with Crippen molar-refractivity contribution in [1.29, 1.82) is 5.41 Å². The Morgan fingerprint density at radius 1 is 1.31 bits per heavy atom. The Labute approximate surface area is 97.8 Å². The van der Waals surface area contributed by atoms with Gasteiger partial charge in [-0.2, -0.15) is 0 Å². The van der Waals surface area contributed by atoms with Crippen molar-refractivity contribution >= 4 is 5.84 Å². The number of likely N-dealkylation sites (N-methyl/N-ethyl adjacent to an activating group) is 1. The maximum Gasteiger partial charge on any atom is 0.108 e. The summed E-state index contributed by atoms with van der Waals surface area (Å²) in [7, 11) is 0. The maximum absolute atomic E-state index is 7.59. The van der Waals surface area contributed by atoms with Gasteiger partial charge in [0.2, 0.25) is 0 Å². The van der Waals surface area contributed by atoms with Crippen LogP contribution >= 0.6 is 0 Å². The van der Waals surface area contributed by atoms with E-state index in [4.69, 9.17) is 11.1 Å². The van der Waals surface area contributed by atoms with Gasteiger partial charge in [-0.15, -0.1) is 0 Å². The lowest BCUT2D eigenvalue weighted by molar-refractivity contribution is 0.239. The third kappa shape index (κ3) is 3.35. The molecule has 0 aliphatic heterocycles. The zero-order valence-electron chi connectivity index (χ0n) is 10.1. The van der Waals surface area contributed by atoms with Crippen LogP contribution in [0.15, 0.2) is 30.3 Å². The molecule has 0 amide bonds. The average Bonchev–Trinajstić information content (AvgIpc) is 2.29. The molecule has 1 unspecified atom stereocenters. The first-order valence-corrected chi connectivity index (χ1v) is 5.80. The molecular weight excluding hydrogens is 198 g/mol. The molecule has 0 fully saturated rings. The molecule has 0 radical (unpaired) electrons. The second-order valence-electron chi connectivity index (χ2n) is 3.93. The molecule has 0 aromatic heterocycles. The number of benzene rings is 1. The van der Waals surface area contributed by atoms with Crippen LogP contribution in [0, 0.1) is 5.41 Å². The summed E-state index contributed by atoms with van der Waals surface area (Å²) in [6.07, 6.45) is 0.885. The lowest BCUT2D eigenvalue weighted by Gasteiger charge is -2.29. The molecule has 0 heterocycles. The number of hydrogen-bond acceptors (Lipinski definition) is 2. The first-order valence-electron chi connectivity index (χ1n) is 5.80. The highest BCUT2D eigenvalue weighted by Gasteiger charge is 2.17. The van der Waals surface area contributed by atoms with Crippen LogP contribution < -0.4 is 5.73 Å². The number of nitrogens with one attached hydrogen (secondary N) is 1. The SMILES string of the molecule is CCC(C(=N)N)N(CC)Cc1ccccc1. The van der Waals surface area contributed by atoms with Crippen molar-refractivity contribution in [3.8, 4) is 0 Å². The Balaban J connectivity index is 2.71. The molecule has 1 rings (SSSR count). The van der Waals surface area contributed by atoms with Gasteiger partial charge in [-0.1, -0.05) is 44.2 Å². The van der Waals surface area contributed by atoms with Gasteiger partial charge >= 0.3 is 0 Å². The molecule has 16 heavy (non-hydrogen) atoms. The van der Waals surface area contributed by atoms with Gasteiger partial charge in [0.15, 0.2) is 0 Å². The van der Waals surface area contributed by atoms with E-state index >= 15 is 0 Å². The summed E-state index contributed by atoms with van der Waals surface area (Å²) in [5.41, 5.74) is 6.89. The smallest absolute Gasteiger partial charge is 0.108 e. The Kier molecular flexibility index (Phi) is 4.99. The van der Waals surface area contributed by atoms with Crippen molar-refractivity contribution in [3.63, 3.8) is 0 Å². The molecule has 3 N–H and O–H groups in total. The Bertz CT molecular complexity index is 321. The van der Waals surface area contributed by atoms with Gasteiger partial charge in [0, 0.05) is 6.54 Å². The van der Waals surface area contributed by atoms with E-state index < -0.39 is 0 Å². The van der Waals surface area contributed by atoms with Crippen molar-refractivity contribution < 1.29 is 0 Å². The normalized spacial score (nSPS) is 12.7. The minimum absolute atomic E-state index is 0.0604. The summed E-state index contributed by atoms with van der Waals surface area (Å²) in [6.45, 7) is 5.94. The van der Waals surface area contributed by atoms with Gasteiger partial charge in [-0.05, 0) is 18.5 Å². The van der Waals surface area contributed by atoms with Crippen molar-refractivity contribution in [2.75, 3.05) is 6.54 Å². The maximum atomic E-state index is 7.59. The van der Waals surface area contributed by atoms with Crippen LogP contribution in [0.4, 0.5) is 0 Å². The fraction of sp³-hybridized carbons (Fsp3) is 0.462. The molecule has 0 saturated carbocycles. The van der Waals surface area contributed by atoms with E-state index in [1.165, 1.54) is 5.56 Å². The number of rotatable bonds is 6. The van der Waals surface area contributed by atoms with Gasteiger partial charge in [0.05, 0.1) is 6.04 Å². The molecule has 0 spiro atoms. The van der Waals surface area contributed by atoms with Crippen molar-refractivity contribution in [3.05, 3.63) is 35.9 Å². The van der Waals surface area contributed by atoms with E-state index in [1.807, 2.05) is 18.2 Å². The Hall–Kier alpha value is -1.35. The molecule has 3 heteroatoms. The molecule has 3 nitrogen and oxygen atoms in total. The molecule has 0 saturated heterocycles. The largest absolute Gasteiger partial charge is 0.386 e. The van der Waals surface area contributed by atoms with Crippen molar-refractivity contribution in [2.24, 2.45) is 5.73 Å². The van der Waals surface area contributed by atoms with Gasteiger partial charge < -0.3 is 5.73 Å². The zero-order valence-corrected chi connectivity index (χ0v) is 10.1. The summed E-state index contributed by atoms with van der Waals surface area (Å²) in [5.74, 6) is 0.264. The molecule has 0 bridgehead atoms.